The number of carbonyl (C=O) groups excluding carboxylic acids is 1. The number of sulfonamides is 1. The lowest BCUT2D eigenvalue weighted by molar-refractivity contribution is -0.116. The molecule has 0 unspecified atom stereocenters. The van der Waals surface area contributed by atoms with E-state index in [0.29, 0.717) is 19.6 Å². The number of carbonyl (C=O) groups is 1. The zero-order chi connectivity index (χ0) is 24.3. The zero-order valence-corrected chi connectivity index (χ0v) is 20.4. The Balaban J connectivity index is 1.76. The van der Waals surface area contributed by atoms with Crippen LogP contribution in [0.1, 0.15) is 41.9 Å². The van der Waals surface area contributed by atoms with Gasteiger partial charge in [-0.15, -0.1) is 0 Å². The number of hydrogen-bond acceptors (Lipinski definition) is 5. The Labute approximate surface area is 194 Å². The average molecular weight is 471 g/mol. The standard InChI is InChI=1S/C25H30N2O5S/c1-6-31-24-17(4)25-22(16(3)18(5)32-25)14-21(24)15(2)13-23(28)27-12-11-19-7-9-20(10-8-19)33(26,29)30/h7-10,13-14H,6,11-12H2,1-5H3,(H,27,28)(H2,26,29,30)/b15-13+. The maximum absolute atomic E-state index is 12.5. The number of amides is 1. The minimum atomic E-state index is -3.71. The number of aryl methyl sites for hydroxylation is 3. The summed E-state index contributed by atoms with van der Waals surface area (Å²) in [5, 5.41) is 9.01. The monoisotopic (exact) mass is 470 g/mol. The zero-order valence-electron chi connectivity index (χ0n) is 19.6. The SMILES string of the molecule is CCOc1c(/C(C)=C/C(=O)NCCc2ccc(S(N)(=O)=O)cc2)cc2c(C)c(C)oc2c1C. The van der Waals surface area contributed by atoms with Gasteiger partial charge in [-0.05, 0) is 75.9 Å². The van der Waals surface area contributed by atoms with E-state index in [0.717, 1.165) is 50.3 Å². The minimum absolute atomic E-state index is 0.0641. The molecule has 0 radical (unpaired) electrons. The van der Waals surface area contributed by atoms with Gasteiger partial charge in [0.25, 0.3) is 0 Å². The highest BCUT2D eigenvalue weighted by Gasteiger charge is 2.18. The van der Waals surface area contributed by atoms with Gasteiger partial charge >= 0.3 is 0 Å². The molecular weight excluding hydrogens is 440 g/mol. The van der Waals surface area contributed by atoms with Crippen LogP contribution in [-0.4, -0.2) is 27.5 Å². The summed E-state index contributed by atoms with van der Waals surface area (Å²) in [6, 6.07) is 8.32. The topological polar surface area (TPSA) is 112 Å². The van der Waals surface area contributed by atoms with Crippen molar-refractivity contribution in [1.29, 1.82) is 0 Å². The maximum atomic E-state index is 12.5. The van der Waals surface area contributed by atoms with E-state index in [9.17, 15) is 13.2 Å². The fraction of sp³-hybridized carbons (Fsp3) is 0.320. The van der Waals surface area contributed by atoms with Gasteiger partial charge in [0, 0.05) is 29.1 Å². The van der Waals surface area contributed by atoms with Crippen molar-refractivity contribution in [2.75, 3.05) is 13.2 Å². The Kier molecular flexibility index (Phi) is 7.29. The summed E-state index contributed by atoms with van der Waals surface area (Å²) in [5.74, 6) is 1.37. The molecule has 1 heterocycles. The second kappa shape index (κ2) is 9.80. The van der Waals surface area contributed by atoms with Crippen LogP contribution in [-0.2, 0) is 21.2 Å². The first-order valence-electron chi connectivity index (χ1n) is 10.8. The van der Waals surface area contributed by atoms with E-state index in [1.54, 1.807) is 18.2 Å². The number of nitrogens with two attached hydrogens (primary N) is 1. The predicted molar refractivity (Wildman–Crippen MR) is 130 cm³/mol. The van der Waals surface area contributed by atoms with Crippen LogP contribution in [0.5, 0.6) is 5.75 Å². The summed E-state index contributed by atoms with van der Waals surface area (Å²) < 4.78 is 34.5. The van der Waals surface area contributed by atoms with Crippen molar-refractivity contribution in [3.63, 3.8) is 0 Å². The molecule has 0 atom stereocenters. The molecule has 3 rings (SSSR count). The Hall–Kier alpha value is -3.10. The first-order chi connectivity index (χ1) is 15.5. The normalized spacial score (nSPS) is 12.2. The molecule has 176 valence electrons. The number of fused-ring (bicyclic) bond motifs is 1. The number of ether oxygens (including phenoxy) is 1. The molecule has 33 heavy (non-hydrogen) atoms. The van der Waals surface area contributed by atoms with Gasteiger partial charge in [0.2, 0.25) is 15.9 Å². The van der Waals surface area contributed by atoms with E-state index >= 15 is 0 Å². The first kappa shape index (κ1) is 24.5. The van der Waals surface area contributed by atoms with E-state index in [2.05, 4.69) is 5.32 Å². The van der Waals surface area contributed by atoms with Crippen molar-refractivity contribution < 1.29 is 22.4 Å². The molecule has 0 fully saturated rings. The van der Waals surface area contributed by atoms with Crippen LogP contribution in [0.3, 0.4) is 0 Å². The van der Waals surface area contributed by atoms with Crippen LogP contribution in [0.15, 0.2) is 45.7 Å². The lowest BCUT2D eigenvalue weighted by Gasteiger charge is -2.14. The smallest absolute Gasteiger partial charge is 0.244 e. The summed E-state index contributed by atoms with van der Waals surface area (Å²) in [6.45, 7) is 10.6. The van der Waals surface area contributed by atoms with Gasteiger partial charge in [0.05, 0.1) is 11.5 Å². The van der Waals surface area contributed by atoms with Crippen LogP contribution >= 0.6 is 0 Å². The Morgan fingerprint density at radius 1 is 1.15 bits per heavy atom. The van der Waals surface area contributed by atoms with Gasteiger partial charge in [0.15, 0.2) is 0 Å². The van der Waals surface area contributed by atoms with Crippen LogP contribution in [0.4, 0.5) is 0 Å². The third-order valence-electron chi connectivity index (χ3n) is 5.67. The number of hydrogen-bond donors (Lipinski definition) is 2. The van der Waals surface area contributed by atoms with Crippen molar-refractivity contribution >= 4 is 32.5 Å². The Bertz CT molecular complexity index is 1320. The average Bonchev–Trinajstić information content (AvgIpc) is 3.04. The molecule has 0 spiro atoms. The molecule has 0 aliphatic heterocycles. The molecule has 0 aliphatic carbocycles. The quantitative estimate of drug-likeness (QED) is 0.480. The Morgan fingerprint density at radius 3 is 2.42 bits per heavy atom. The summed E-state index contributed by atoms with van der Waals surface area (Å²) in [5.41, 5.74) is 5.34. The minimum Gasteiger partial charge on any atom is -0.493 e. The van der Waals surface area contributed by atoms with Gasteiger partial charge in [-0.25, -0.2) is 13.6 Å². The van der Waals surface area contributed by atoms with Crippen LogP contribution in [0.2, 0.25) is 0 Å². The summed E-state index contributed by atoms with van der Waals surface area (Å²) >= 11 is 0. The number of nitrogens with one attached hydrogen (secondary N) is 1. The largest absolute Gasteiger partial charge is 0.493 e. The van der Waals surface area contributed by atoms with Gasteiger partial charge in [-0.1, -0.05) is 12.1 Å². The molecule has 2 aromatic carbocycles. The summed E-state index contributed by atoms with van der Waals surface area (Å²) in [6.07, 6.45) is 2.13. The molecule has 3 N–H and O–H groups in total. The highest BCUT2D eigenvalue weighted by molar-refractivity contribution is 7.89. The molecule has 0 aliphatic rings. The fourth-order valence-corrected chi connectivity index (χ4v) is 4.25. The van der Waals surface area contributed by atoms with Crippen molar-refractivity contribution in [1.82, 2.24) is 5.32 Å². The van der Waals surface area contributed by atoms with Crippen molar-refractivity contribution in [2.24, 2.45) is 5.14 Å². The second-order valence-electron chi connectivity index (χ2n) is 8.03. The van der Waals surface area contributed by atoms with Crippen LogP contribution < -0.4 is 15.2 Å². The molecule has 8 heteroatoms. The fourth-order valence-electron chi connectivity index (χ4n) is 3.74. The maximum Gasteiger partial charge on any atom is 0.244 e. The highest BCUT2D eigenvalue weighted by atomic mass is 32.2. The third-order valence-corrected chi connectivity index (χ3v) is 6.60. The number of primary sulfonamides is 1. The molecule has 7 nitrogen and oxygen atoms in total. The number of furan rings is 1. The van der Waals surface area contributed by atoms with E-state index < -0.39 is 10.0 Å². The summed E-state index contributed by atoms with van der Waals surface area (Å²) in [4.78, 5) is 12.6. The molecule has 0 saturated heterocycles. The van der Waals surface area contributed by atoms with E-state index in [1.807, 2.05) is 40.7 Å². The van der Waals surface area contributed by atoms with Gasteiger partial charge in [-0.2, -0.15) is 0 Å². The molecule has 0 bridgehead atoms. The second-order valence-corrected chi connectivity index (χ2v) is 9.59. The van der Waals surface area contributed by atoms with Crippen molar-refractivity contribution in [2.45, 2.75) is 45.9 Å². The van der Waals surface area contributed by atoms with Gasteiger partial charge in [-0.3, -0.25) is 4.79 Å². The van der Waals surface area contributed by atoms with E-state index in [1.165, 1.54) is 12.1 Å². The predicted octanol–water partition coefficient (Wildman–Crippen LogP) is 4.17. The molecular formula is C25H30N2O5S. The molecule has 1 amide bonds. The van der Waals surface area contributed by atoms with E-state index in [-0.39, 0.29) is 10.8 Å². The third kappa shape index (κ3) is 5.46. The first-order valence-corrected chi connectivity index (χ1v) is 12.3. The molecule has 3 aromatic rings. The molecule has 1 aromatic heterocycles. The van der Waals surface area contributed by atoms with Gasteiger partial charge < -0.3 is 14.5 Å². The number of benzene rings is 2. The summed E-state index contributed by atoms with van der Waals surface area (Å²) in [7, 11) is -3.71. The highest BCUT2D eigenvalue weighted by Crippen LogP contribution is 2.38. The van der Waals surface area contributed by atoms with Gasteiger partial charge in [0.1, 0.15) is 17.1 Å². The van der Waals surface area contributed by atoms with Crippen molar-refractivity contribution in [3.8, 4) is 5.75 Å². The van der Waals surface area contributed by atoms with Crippen molar-refractivity contribution in [3.05, 3.63) is 64.4 Å². The molecule has 0 saturated carbocycles. The number of allylic oxidation sites excluding steroid dienone is 1. The lowest BCUT2D eigenvalue weighted by Crippen LogP contribution is -2.24. The number of rotatable bonds is 8. The van der Waals surface area contributed by atoms with E-state index in [4.69, 9.17) is 14.3 Å². The van der Waals surface area contributed by atoms with Crippen LogP contribution in [0, 0.1) is 20.8 Å². The Morgan fingerprint density at radius 2 is 1.82 bits per heavy atom. The van der Waals surface area contributed by atoms with Crippen LogP contribution in [0.25, 0.3) is 16.5 Å². The lowest BCUT2D eigenvalue weighted by atomic mass is 9.98.